The minimum atomic E-state index is -2.85. The molecular weight excluding hydrogens is 316 g/mol. The van der Waals surface area contributed by atoms with Crippen LogP contribution in [0, 0.1) is 0 Å². The SMILES string of the molecule is CC(C)Oc1ccc(C(=O)NCc2ccc(OC(F)F)cc2)cc1. The number of carbonyl (C=O) groups excluding carboxylic acids is 1. The van der Waals surface area contributed by atoms with Crippen LogP contribution >= 0.6 is 0 Å². The van der Waals surface area contributed by atoms with Gasteiger partial charge in [-0.05, 0) is 55.8 Å². The first-order chi connectivity index (χ1) is 11.4. The van der Waals surface area contributed by atoms with Gasteiger partial charge in [0.2, 0.25) is 0 Å². The van der Waals surface area contributed by atoms with Crippen molar-refractivity contribution < 1.29 is 23.0 Å². The number of halogens is 2. The van der Waals surface area contributed by atoms with Crippen molar-refractivity contribution in [2.24, 2.45) is 0 Å². The van der Waals surface area contributed by atoms with Crippen molar-refractivity contribution in [3.63, 3.8) is 0 Å². The summed E-state index contributed by atoms with van der Waals surface area (Å²) in [7, 11) is 0. The molecule has 0 aliphatic rings. The van der Waals surface area contributed by atoms with E-state index in [1.54, 1.807) is 36.4 Å². The molecule has 0 radical (unpaired) electrons. The summed E-state index contributed by atoms with van der Waals surface area (Å²) < 4.78 is 33.9. The third kappa shape index (κ3) is 5.53. The summed E-state index contributed by atoms with van der Waals surface area (Å²) in [6.45, 7) is 1.30. The van der Waals surface area contributed by atoms with Crippen molar-refractivity contribution in [2.45, 2.75) is 33.1 Å². The molecule has 0 fully saturated rings. The van der Waals surface area contributed by atoms with E-state index < -0.39 is 6.61 Å². The zero-order valence-electron chi connectivity index (χ0n) is 13.5. The van der Waals surface area contributed by atoms with Crippen LogP contribution in [0.3, 0.4) is 0 Å². The van der Waals surface area contributed by atoms with Crippen LogP contribution in [0.1, 0.15) is 29.8 Å². The van der Waals surface area contributed by atoms with Gasteiger partial charge in [-0.3, -0.25) is 4.79 Å². The van der Waals surface area contributed by atoms with E-state index in [0.717, 1.165) is 5.56 Å². The molecule has 4 nitrogen and oxygen atoms in total. The summed E-state index contributed by atoms with van der Waals surface area (Å²) in [4.78, 5) is 12.1. The standard InChI is InChI=1S/C18H19F2NO3/c1-12(2)23-15-9-5-14(6-10-15)17(22)21-11-13-3-7-16(8-4-13)24-18(19)20/h3-10,12,18H,11H2,1-2H3,(H,21,22). The Hall–Kier alpha value is -2.63. The van der Waals surface area contributed by atoms with E-state index in [1.165, 1.54) is 12.1 Å². The molecule has 1 N–H and O–H groups in total. The fourth-order valence-electron chi connectivity index (χ4n) is 2.03. The highest BCUT2D eigenvalue weighted by Gasteiger charge is 2.07. The maximum absolute atomic E-state index is 12.1. The van der Waals surface area contributed by atoms with E-state index in [1.807, 2.05) is 13.8 Å². The first-order valence-electron chi connectivity index (χ1n) is 7.52. The highest BCUT2D eigenvalue weighted by Crippen LogP contribution is 2.16. The van der Waals surface area contributed by atoms with Crippen LogP contribution < -0.4 is 14.8 Å². The van der Waals surface area contributed by atoms with Gasteiger partial charge in [-0.25, -0.2) is 0 Å². The van der Waals surface area contributed by atoms with Crippen molar-refractivity contribution in [1.82, 2.24) is 5.32 Å². The largest absolute Gasteiger partial charge is 0.491 e. The Kier molecular flexibility index (Phi) is 6.12. The van der Waals surface area contributed by atoms with Crippen LogP contribution in [0.5, 0.6) is 11.5 Å². The molecule has 0 bridgehead atoms. The number of ether oxygens (including phenoxy) is 2. The van der Waals surface area contributed by atoms with Crippen LogP contribution in [-0.4, -0.2) is 18.6 Å². The van der Waals surface area contributed by atoms with Gasteiger partial charge in [-0.1, -0.05) is 12.1 Å². The zero-order chi connectivity index (χ0) is 17.5. The molecule has 2 aromatic rings. The number of hydrogen-bond donors (Lipinski definition) is 1. The van der Waals surface area contributed by atoms with Crippen LogP contribution in [0.4, 0.5) is 8.78 Å². The maximum atomic E-state index is 12.1. The van der Waals surface area contributed by atoms with Gasteiger partial charge < -0.3 is 14.8 Å². The lowest BCUT2D eigenvalue weighted by atomic mass is 10.2. The van der Waals surface area contributed by atoms with Crippen molar-refractivity contribution in [2.75, 3.05) is 0 Å². The van der Waals surface area contributed by atoms with Gasteiger partial charge in [0.15, 0.2) is 0 Å². The molecule has 1 amide bonds. The number of carbonyl (C=O) groups is 1. The van der Waals surface area contributed by atoms with E-state index in [9.17, 15) is 13.6 Å². The maximum Gasteiger partial charge on any atom is 0.387 e. The number of amides is 1. The van der Waals surface area contributed by atoms with Crippen molar-refractivity contribution >= 4 is 5.91 Å². The normalized spacial score (nSPS) is 10.8. The van der Waals surface area contributed by atoms with Crippen LogP contribution in [-0.2, 0) is 6.54 Å². The average Bonchev–Trinajstić information content (AvgIpc) is 2.53. The van der Waals surface area contributed by atoms with E-state index in [0.29, 0.717) is 11.3 Å². The number of benzene rings is 2. The third-order valence-corrected chi connectivity index (χ3v) is 3.09. The molecular formula is C18H19F2NO3. The average molecular weight is 335 g/mol. The monoisotopic (exact) mass is 335 g/mol. The van der Waals surface area contributed by atoms with Crippen molar-refractivity contribution in [3.8, 4) is 11.5 Å². The molecule has 2 rings (SSSR count). The third-order valence-electron chi connectivity index (χ3n) is 3.09. The summed E-state index contributed by atoms with van der Waals surface area (Å²) in [6, 6.07) is 13.0. The second-order valence-corrected chi connectivity index (χ2v) is 5.40. The Labute approximate surface area is 139 Å². The van der Waals surface area contributed by atoms with Gasteiger partial charge in [-0.15, -0.1) is 0 Å². The fraction of sp³-hybridized carbons (Fsp3) is 0.278. The number of rotatable bonds is 7. The lowest BCUT2D eigenvalue weighted by molar-refractivity contribution is -0.0498. The van der Waals surface area contributed by atoms with E-state index in [2.05, 4.69) is 10.1 Å². The topological polar surface area (TPSA) is 47.6 Å². The Morgan fingerprint density at radius 2 is 1.50 bits per heavy atom. The summed E-state index contributed by atoms with van der Waals surface area (Å²) in [5.41, 5.74) is 1.30. The molecule has 0 aliphatic carbocycles. The molecule has 6 heteroatoms. The fourth-order valence-corrected chi connectivity index (χ4v) is 2.03. The quantitative estimate of drug-likeness (QED) is 0.832. The van der Waals surface area contributed by atoms with Gasteiger partial charge >= 0.3 is 6.61 Å². The Morgan fingerprint density at radius 3 is 2.04 bits per heavy atom. The predicted molar refractivity (Wildman–Crippen MR) is 86.5 cm³/mol. The smallest absolute Gasteiger partial charge is 0.387 e. The lowest BCUT2D eigenvalue weighted by Crippen LogP contribution is -2.22. The highest BCUT2D eigenvalue weighted by atomic mass is 19.3. The minimum Gasteiger partial charge on any atom is -0.491 e. The molecule has 0 spiro atoms. The second-order valence-electron chi connectivity index (χ2n) is 5.40. The first-order valence-corrected chi connectivity index (χ1v) is 7.52. The number of nitrogens with one attached hydrogen (secondary N) is 1. The van der Waals surface area contributed by atoms with Gasteiger partial charge in [0.25, 0.3) is 5.91 Å². The highest BCUT2D eigenvalue weighted by molar-refractivity contribution is 5.94. The Balaban J connectivity index is 1.88. The predicted octanol–water partition coefficient (Wildman–Crippen LogP) is 4.01. The van der Waals surface area contributed by atoms with Gasteiger partial charge in [-0.2, -0.15) is 8.78 Å². The Bertz CT molecular complexity index is 655. The second kappa shape index (κ2) is 8.29. The molecule has 0 aromatic heterocycles. The number of hydrogen-bond acceptors (Lipinski definition) is 3. The molecule has 2 aromatic carbocycles. The molecule has 0 unspecified atom stereocenters. The van der Waals surface area contributed by atoms with Crippen LogP contribution in [0.2, 0.25) is 0 Å². The van der Waals surface area contributed by atoms with E-state index >= 15 is 0 Å². The summed E-state index contributed by atoms with van der Waals surface area (Å²) in [5.74, 6) is 0.566. The van der Waals surface area contributed by atoms with Gasteiger partial charge in [0.1, 0.15) is 11.5 Å². The summed E-state index contributed by atoms with van der Waals surface area (Å²) in [6.07, 6.45) is 0.0710. The van der Waals surface area contributed by atoms with Crippen LogP contribution in [0.15, 0.2) is 48.5 Å². The van der Waals surface area contributed by atoms with Gasteiger partial charge in [0, 0.05) is 12.1 Å². The lowest BCUT2D eigenvalue weighted by Gasteiger charge is -2.10. The molecule has 128 valence electrons. The molecule has 0 saturated carbocycles. The summed E-state index contributed by atoms with van der Waals surface area (Å²) in [5, 5.41) is 2.77. The number of alkyl halides is 2. The van der Waals surface area contributed by atoms with Gasteiger partial charge in [0.05, 0.1) is 6.10 Å². The zero-order valence-corrected chi connectivity index (χ0v) is 13.5. The molecule has 0 saturated heterocycles. The van der Waals surface area contributed by atoms with E-state index in [4.69, 9.17) is 4.74 Å². The van der Waals surface area contributed by atoms with Crippen molar-refractivity contribution in [3.05, 3.63) is 59.7 Å². The van der Waals surface area contributed by atoms with E-state index in [-0.39, 0.29) is 24.3 Å². The first kappa shape index (κ1) is 17.7. The Morgan fingerprint density at radius 1 is 0.958 bits per heavy atom. The molecule has 0 heterocycles. The molecule has 24 heavy (non-hydrogen) atoms. The minimum absolute atomic E-state index is 0.0710. The summed E-state index contributed by atoms with van der Waals surface area (Å²) >= 11 is 0. The van der Waals surface area contributed by atoms with Crippen LogP contribution in [0.25, 0.3) is 0 Å². The molecule has 0 atom stereocenters. The molecule has 0 aliphatic heterocycles. The van der Waals surface area contributed by atoms with Crippen molar-refractivity contribution in [1.29, 1.82) is 0 Å².